The Bertz CT molecular complexity index is 844. The van der Waals surface area contributed by atoms with Crippen LogP contribution in [-0.2, 0) is 6.42 Å². The van der Waals surface area contributed by atoms with Crippen LogP contribution in [0.25, 0.3) is 0 Å². The van der Waals surface area contributed by atoms with E-state index in [9.17, 15) is 26.7 Å². The van der Waals surface area contributed by atoms with Crippen molar-refractivity contribution in [1.82, 2.24) is 5.32 Å². The number of hydrogen-bond donors (Lipinski definition) is 1. The van der Waals surface area contributed by atoms with Crippen LogP contribution in [-0.4, -0.2) is 26.2 Å². The van der Waals surface area contributed by atoms with E-state index >= 15 is 0 Å². The first-order chi connectivity index (χ1) is 12.7. The second kappa shape index (κ2) is 8.24. The van der Waals surface area contributed by atoms with Crippen LogP contribution < -0.4 is 14.8 Å². The van der Waals surface area contributed by atoms with E-state index in [1.54, 1.807) is 18.2 Å². The molecule has 4 nitrogen and oxygen atoms in total. The number of carbonyl (C=O) groups is 1. The highest BCUT2D eigenvalue weighted by atomic mass is 19.2. The number of hydrogen-bond acceptors (Lipinski definition) is 3. The van der Waals surface area contributed by atoms with Crippen molar-refractivity contribution in [2.75, 3.05) is 14.2 Å². The second-order valence-corrected chi connectivity index (χ2v) is 5.70. The number of amides is 1. The minimum absolute atomic E-state index is 0.154. The van der Waals surface area contributed by atoms with Crippen LogP contribution in [0.5, 0.6) is 11.5 Å². The highest BCUT2D eigenvalue weighted by Gasteiger charge is 2.30. The quantitative estimate of drug-likeness (QED) is 0.465. The maximum absolute atomic E-state index is 13.7. The molecule has 0 saturated carbocycles. The standard InChI is InChI=1S/C18H16F5NO3/c1-8(6-9-7-10(26-2)4-5-11(9)27-3)24-18(25)12-13(19)15(21)17(23)16(22)14(12)20/h4-5,7-8H,6H2,1-3H3,(H,24,25). The molecule has 0 radical (unpaired) electrons. The summed E-state index contributed by atoms with van der Waals surface area (Å²) in [4.78, 5) is 12.1. The largest absolute Gasteiger partial charge is 0.497 e. The van der Waals surface area contributed by atoms with E-state index in [4.69, 9.17) is 9.47 Å². The molecule has 1 atom stereocenters. The predicted molar refractivity (Wildman–Crippen MR) is 86.4 cm³/mol. The molecule has 0 aliphatic carbocycles. The Morgan fingerprint density at radius 3 is 2.04 bits per heavy atom. The van der Waals surface area contributed by atoms with Crippen molar-refractivity contribution in [2.24, 2.45) is 0 Å². The average molecular weight is 389 g/mol. The lowest BCUT2D eigenvalue weighted by Gasteiger charge is -2.17. The highest BCUT2D eigenvalue weighted by Crippen LogP contribution is 2.26. The third kappa shape index (κ3) is 4.12. The highest BCUT2D eigenvalue weighted by molar-refractivity contribution is 5.95. The third-order valence-corrected chi connectivity index (χ3v) is 3.83. The van der Waals surface area contributed by atoms with E-state index < -0.39 is 46.6 Å². The van der Waals surface area contributed by atoms with Gasteiger partial charge in [0.15, 0.2) is 23.3 Å². The zero-order valence-electron chi connectivity index (χ0n) is 14.6. The SMILES string of the molecule is COc1ccc(OC)c(CC(C)NC(=O)c2c(F)c(F)c(F)c(F)c2F)c1. The zero-order valence-corrected chi connectivity index (χ0v) is 14.6. The van der Waals surface area contributed by atoms with Gasteiger partial charge in [0, 0.05) is 6.04 Å². The van der Waals surface area contributed by atoms with Crippen LogP contribution in [0.4, 0.5) is 22.0 Å². The van der Waals surface area contributed by atoms with E-state index in [1.807, 2.05) is 0 Å². The van der Waals surface area contributed by atoms with Gasteiger partial charge in [-0.25, -0.2) is 22.0 Å². The van der Waals surface area contributed by atoms with Gasteiger partial charge in [0.25, 0.3) is 5.91 Å². The van der Waals surface area contributed by atoms with Gasteiger partial charge in [-0.1, -0.05) is 0 Å². The van der Waals surface area contributed by atoms with Gasteiger partial charge in [-0.2, -0.15) is 0 Å². The van der Waals surface area contributed by atoms with Gasteiger partial charge in [-0.05, 0) is 37.1 Å². The number of methoxy groups -OCH3 is 2. The molecule has 2 aromatic rings. The van der Waals surface area contributed by atoms with Gasteiger partial charge in [0.1, 0.15) is 17.1 Å². The summed E-state index contributed by atoms with van der Waals surface area (Å²) in [6, 6.07) is 4.21. The van der Waals surface area contributed by atoms with E-state index in [1.165, 1.54) is 21.1 Å². The molecular formula is C18H16F5NO3. The molecule has 0 fully saturated rings. The Kier molecular flexibility index (Phi) is 6.24. The van der Waals surface area contributed by atoms with Crippen LogP contribution in [0, 0.1) is 29.1 Å². The molecule has 1 amide bonds. The summed E-state index contributed by atoms with van der Waals surface area (Å²) in [5.74, 6) is -11.5. The predicted octanol–water partition coefficient (Wildman–Crippen LogP) is 3.76. The van der Waals surface area contributed by atoms with Crippen LogP contribution in [0.2, 0.25) is 0 Å². The van der Waals surface area contributed by atoms with Crippen LogP contribution >= 0.6 is 0 Å². The van der Waals surface area contributed by atoms with Crippen molar-refractivity contribution in [3.8, 4) is 11.5 Å². The maximum atomic E-state index is 13.7. The molecule has 1 unspecified atom stereocenters. The summed E-state index contributed by atoms with van der Waals surface area (Å²) in [6.45, 7) is 1.50. The summed E-state index contributed by atoms with van der Waals surface area (Å²) >= 11 is 0. The molecule has 0 aliphatic heterocycles. The van der Waals surface area contributed by atoms with Gasteiger partial charge >= 0.3 is 0 Å². The first kappa shape index (κ1) is 20.5. The fourth-order valence-corrected chi connectivity index (χ4v) is 2.52. The van der Waals surface area contributed by atoms with Crippen LogP contribution in [0.15, 0.2) is 18.2 Å². The molecule has 2 rings (SSSR count). The fourth-order valence-electron chi connectivity index (χ4n) is 2.52. The number of benzene rings is 2. The number of carbonyl (C=O) groups excluding carboxylic acids is 1. The molecule has 27 heavy (non-hydrogen) atoms. The first-order valence-corrected chi connectivity index (χ1v) is 7.74. The monoisotopic (exact) mass is 389 g/mol. The molecule has 0 spiro atoms. The van der Waals surface area contributed by atoms with Gasteiger partial charge in [0.05, 0.1) is 14.2 Å². The Morgan fingerprint density at radius 1 is 0.963 bits per heavy atom. The number of ether oxygens (including phenoxy) is 2. The third-order valence-electron chi connectivity index (χ3n) is 3.83. The normalized spacial score (nSPS) is 11.9. The average Bonchev–Trinajstić information content (AvgIpc) is 2.64. The summed E-state index contributed by atoms with van der Waals surface area (Å²) in [7, 11) is 2.89. The zero-order chi connectivity index (χ0) is 20.3. The van der Waals surface area contributed by atoms with E-state index in [0.29, 0.717) is 17.1 Å². The van der Waals surface area contributed by atoms with Gasteiger partial charge in [0.2, 0.25) is 5.82 Å². The lowest BCUT2D eigenvalue weighted by atomic mass is 10.0. The summed E-state index contributed by atoms with van der Waals surface area (Å²) in [5.41, 5.74) is -0.919. The van der Waals surface area contributed by atoms with Gasteiger partial charge < -0.3 is 14.8 Å². The molecule has 0 bridgehead atoms. The summed E-state index contributed by atoms with van der Waals surface area (Å²) in [5, 5.41) is 2.22. The van der Waals surface area contributed by atoms with Crippen molar-refractivity contribution in [3.05, 3.63) is 58.4 Å². The Balaban J connectivity index is 2.25. The topological polar surface area (TPSA) is 47.6 Å². The van der Waals surface area contributed by atoms with Crippen molar-refractivity contribution in [3.63, 3.8) is 0 Å². The molecular weight excluding hydrogens is 373 g/mol. The molecule has 0 aromatic heterocycles. The summed E-state index contributed by atoms with van der Waals surface area (Å²) in [6.07, 6.45) is 0.154. The number of nitrogens with one attached hydrogen (secondary N) is 1. The molecule has 1 N–H and O–H groups in total. The first-order valence-electron chi connectivity index (χ1n) is 7.74. The minimum Gasteiger partial charge on any atom is -0.497 e. The Labute approximate surface area is 151 Å². The molecule has 2 aromatic carbocycles. The summed E-state index contributed by atoms with van der Waals surface area (Å²) < 4.78 is 77.3. The van der Waals surface area contributed by atoms with Crippen molar-refractivity contribution >= 4 is 5.91 Å². The van der Waals surface area contributed by atoms with E-state index in [-0.39, 0.29) is 6.42 Å². The van der Waals surface area contributed by atoms with Crippen molar-refractivity contribution < 1.29 is 36.2 Å². The molecule has 146 valence electrons. The van der Waals surface area contributed by atoms with Gasteiger partial charge in [-0.3, -0.25) is 4.79 Å². The maximum Gasteiger partial charge on any atom is 0.257 e. The lowest BCUT2D eigenvalue weighted by molar-refractivity contribution is 0.0928. The smallest absolute Gasteiger partial charge is 0.257 e. The Hall–Kier alpha value is -2.84. The minimum atomic E-state index is -2.32. The molecule has 0 saturated heterocycles. The Morgan fingerprint density at radius 2 is 1.52 bits per heavy atom. The molecule has 0 aliphatic rings. The number of halogens is 5. The van der Waals surface area contributed by atoms with Crippen LogP contribution in [0.3, 0.4) is 0 Å². The van der Waals surface area contributed by atoms with E-state index in [2.05, 4.69) is 5.32 Å². The van der Waals surface area contributed by atoms with Crippen LogP contribution in [0.1, 0.15) is 22.8 Å². The van der Waals surface area contributed by atoms with E-state index in [0.717, 1.165) is 0 Å². The van der Waals surface area contributed by atoms with Crippen molar-refractivity contribution in [2.45, 2.75) is 19.4 Å². The molecule has 0 heterocycles. The molecule has 9 heteroatoms. The van der Waals surface area contributed by atoms with Gasteiger partial charge in [-0.15, -0.1) is 0 Å². The van der Waals surface area contributed by atoms with Crippen molar-refractivity contribution in [1.29, 1.82) is 0 Å². The fraction of sp³-hybridized carbons (Fsp3) is 0.278. The lowest BCUT2D eigenvalue weighted by Crippen LogP contribution is -2.35. The second-order valence-electron chi connectivity index (χ2n) is 5.70. The number of rotatable bonds is 6.